The molecule has 1 heterocycles. The topological polar surface area (TPSA) is 71.5 Å². The molecule has 0 atom stereocenters. The van der Waals surface area contributed by atoms with Gasteiger partial charge < -0.3 is 0 Å². The predicted molar refractivity (Wildman–Crippen MR) is 92.6 cm³/mol. The highest BCUT2D eigenvalue weighted by molar-refractivity contribution is 7.92. The summed E-state index contributed by atoms with van der Waals surface area (Å²) in [6.07, 6.45) is -4.84. The minimum Gasteiger partial charge on any atom is -0.223 e. The first-order valence-electron chi connectivity index (χ1n) is 7.70. The Kier molecular flexibility index (Phi) is 5.24. The summed E-state index contributed by atoms with van der Waals surface area (Å²) in [4.78, 5) is -0.802. The summed E-state index contributed by atoms with van der Waals surface area (Å²) in [5, 5.41) is -1.73. The van der Waals surface area contributed by atoms with Crippen molar-refractivity contribution in [3.05, 3.63) is 58.9 Å². The van der Waals surface area contributed by atoms with Crippen molar-refractivity contribution in [1.29, 1.82) is 0 Å². The summed E-state index contributed by atoms with van der Waals surface area (Å²) in [5.74, 6) is -0.625. The number of hydrogen-bond acceptors (Lipinski definition) is 4. The lowest BCUT2D eigenvalue weighted by Crippen LogP contribution is -2.56. The maximum absolute atomic E-state index is 13.0. The van der Waals surface area contributed by atoms with Crippen LogP contribution in [0.3, 0.4) is 0 Å². The first-order chi connectivity index (χ1) is 12.8. The van der Waals surface area contributed by atoms with Gasteiger partial charge in [-0.05, 0) is 42.5 Å². The quantitative estimate of drug-likeness (QED) is 0.521. The van der Waals surface area contributed by atoms with Crippen molar-refractivity contribution in [1.82, 2.24) is 4.31 Å². The summed E-state index contributed by atoms with van der Waals surface area (Å²) in [6, 6.07) is 6.23. The molecule has 1 aliphatic rings. The first-order valence-corrected chi connectivity index (χ1v) is 11.1. The molecule has 5 nitrogen and oxygen atoms in total. The van der Waals surface area contributed by atoms with Gasteiger partial charge in [-0.3, -0.25) is 0 Å². The fourth-order valence-electron chi connectivity index (χ4n) is 2.64. The molecule has 3 rings (SSSR count). The number of rotatable bonds is 4. The van der Waals surface area contributed by atoms with Gasteiger partial charge in [-0.1, -0.05) is 11.6 Å². The van der Waals surface area contributed by atoms with Crippen molar-refractivity contribution in [2.75, 3.05) is 13.1 Å². The van der Waals surface area contributed by atoms with Gasteiger partial charge in [0.1, 0.15) is 5.82 Å². The highest BCUT2D eigenvalue weighted by Gasteiger charge is 2.45. The Bertz CT molecular complexity index is 1110. The molecule has 0 radical (unpaired) electrons. The summed E-state index contributed by atoms with van der Waals surface area (Å²) in [5.41, 5.74) is -1.30. The third-order valence-electron chi connectivity index (χ3n) is 4.28. The van der Waals surface area contributed by atoms with E-state index in [1.165, 1.54) is 0 Å². The van der Waals surface area contributed by atoms with Crippen molar-refractivity contribution in [2.24, 2.45) is 0 Å². The Morgan fingerprint density at radius 1 is 0.929 bits per heavy atom. The third-order valence-corrected chi connectivity index (χ3v) is 8.54. The van der Waals surface area contributed by atoms with Crippen LogP contribution in [0.2, 0.25) is 5.02 Å². The molecule has 0 aromatic heterocycles. The lowest BCUT2D eigenvalue weighted by atomic mass is 10.2. The number of halogens is 5. The summed E-state index contributed by atoms with van der Waals surface area (Å²) < 4.78 is 103. The molecule has 2 aromatic carbocycles. The molecule has 0 bridgehead atoms. The molecule has 28 heavy (non-hydrogen) atoms. The highest BCUT2D eigenvalue weighted by atomic mass is 35.5. The molecule has 1 aliphatic heterocycles. The first kappa shape index (κ1) is 21.0. The summed E-state index contributed by atoms with van der Waals surface area (Å²) in [6.45, 7) is -0.849. The Morgan fingerprint density at radius 2 is 1.46 bits per heavy atom. The molecule has 0 saturated carbocycles. The van der Waals surface area contributed by atoms with Crippen molar-refractivity contribution >= 4 is 31.5 Å². The molecule has 1 fully saturated rings. The zero-order chi connectivity index (χ0) is 20.9. The molecule has 0 aliphatic carbocycles. The second-order valence-electron chi connectivity index (χ2n) is 6.08. The minimum atomic E-state index is -4.84. The summed E-state index contributed by atoms with van der Waals surface area (Å²) >= 11 is 5.49. The Morgan fingerprint density at radius 3 is 2.00 bits per heavy atom. The normalized spacial score (nSPS) is 16.8. The van der Waals surface area contributed by atoms with Crippen molar-refractivity contribution < 1.29 is 34.4 Å². The van der Waals surface area contributed by atoms with Crippen molar-refractivity contribution in [2.45, 2.75) is 21.2 Å². The molecule has 1 saturated heterocycles. The van der Waals surface area contributed by atoms with Gasteiger partial charge >= 0.3 is 6.18 Å². The monoisotopic (exact) mass is 457 g/mol. The average molecular weight is 458 g/mol. The fraction of sp³-hybridized carbons (Fsp3) is 0.250. The molecule has 0 unspecified atom stereocenters. The zero-order valence-electron chi connectivity index (χ0n) is 13.8. The molecule has 12 heteroatoms. The lowest BCUT2D eigenvalue weighted by Gasteiger charge is -2.37. The van der Waals surface area contributed by atoms with E-state index in [-0.39, 0.29) is 4.90 Å². The van der Waals surface area contributed by atoms with E-state index in [0.29, 0.717) is 6.07 Å². The van der Waals surface area contributed by atoms with Crippen LogP contribution in [0.15, 0.2) is 52.3 Å². The van der Waals surface area contributed by atoms with Crippen molar-refractivity contribution in [3.8, 4) is 0 Å². The van der Waals surface area contributed by atoms with E-state index in [4.69, 9.17) is 11.6 Å². The predicted octanol–water partition coefficient (Wildman–Crippen LogP) is 3.34. The van der Waals surface area contributed by atoms with E-state index in [2.05, 4.69) is 0 Å². The number of benzene rings is 2. The van der Waals surface area contributed by atoms with E-state index < -0.39 is 65.7 Å². The number of sulfone groups is 1. The van der Waals surface area contributed by atoms with Crippen LogP contribution in [0, 0.1) is 5.82 Å². The van der Waals surface area contributed by atoms with Gasteiger partial charge in [0.05, 0.1) is 25.6 Å². The maximum Gasteiger partial charge on any atom is 0.417 e. The largest absolute Gasteiger partial charge is 0.417 e. The number of hydrogen-bond donors (Lipinski definition) is 0. The van der Waals surface area contributed by atoms with E-state index >= 15 is 0 Å². The second-order valence-corrected chi connectivity index (χ2v) is 10.7. The number of sulfonamides is 1. The molecular weight excluding hydrogens is 446 g/mol. The number of nitrogens with zero attached hydrogens (tertiary/aromatic N) is 1. The smallest absolute Gasteiger partial charge is 0.223 e. The van der Waals surface area contributed by atoms with E-state index in [9.17, 15) is 34.4 Å². The lowest BCUT2D eigenvalue weighted by molar-refractivity contribution is -0.137. The van der Waals surface area contributed by atoms with E-state index in [1.54, 1.807) is 0 Å². The SMILES string of the molecule is O=S(=O)(c1ccc(F)cc1)C1CN(S(=O)(=O)c2ccc(Cl)c(C(F)(F)F)c2)C1. The maximum atomic E-state index is 13.0. The molecule has 152 valence electrons. The van der Waals surface area contributed by atoms with Crippen LogP contribution >= 0.6 is 11.6 Å². The van der Waals surface area contributed by atoms with Crippen LogP contribution < -0.4 is 0 Å². The van der Waals surface area contributed by atoms with Crippen molar-refractivity contribution in [3.63, 3.8) is 0 Å². The fourth-order valence-corrected chi connectivity index (χ4v) is 6.26. The Labute approximate surface area is 163 Å². The van der Waals surface area contributed by atoms with E-state index in [1.807, 2.05) is 0 Å². The van der Waals surface area contributed by atoms with Crippen LogP contribution in [-0.4, -0.2) is 39.5 Å². The molecule has 0 spiro atoms. The Hall–Kier alpha value is -1.69. The third kappa shape index (κ3) is 3.76. The molecule has 0 N–H and O–H groups in total. The van der Waals surface area contributed by atoms with Crippen LogP contribution in [-0.2, 0) is 26.0 Å². The second kappa shape index (κ2) is 6.97. The van der Waals surface area contributed by atoms with Gasteiger partial charge in [-0.15, -0.1) is 0 Å². The van der Waals surface area contributed by atoms with Crippen LogP contribution in [0.5, 0.6) is 0 Å². The van der Waals surface area contributed by atoms with Gasteiger partial charge in [-0.2, -0.15) is 17.5 Å². The van der Waals surface area contributed by atoms with Crippen LogP contribution in [0.4, 0.5) is 17.6 Å². The zero-order valence-corrected chi connectivity index (χ0v) is 16.2. The van der Waals surface area contributed by atoms with Gasteiger partial charge in [0.15, 0.2) is 9.84 Å². The van der Waals surface area contributed by atoms with Gasteiger partial charge in [-0.25, -0.2) is 21.2 Å². The van der Waals surface area contributed by atoms with Gasteiger partial charge in [0, 0.05) is 13.1 Å². The summed E-state index contributed by atoms with van der Waals surface area (Å²) in [7, 11) is -8.24. The molecular formula is C16H12ClF4NO4S2. The highest BCUT2D eigenvalue weighted by Crippen LogP contribution is 2.37. The van der Waals surface area contributed by atoms with Crippen LogP contribution in [0.25, 0.3) is 0 Å². The van der Waals surface area contributed by atoms with E-state index in [0.717, 1.165) is 40.7 Å². The average Bonchev–Trinajstić information content (AvgIpc) is 2.52. The minimum absolute atomic E-state index is 0.165. The molecule has 2 aromatic rings. The van der Waals surface area contributed by atoms with Gasteiger partial charge in [0.25, 0.3) is 0 Å². The number of alkyl halides is 3. The standard InChI is InChI=1S/C16H12ClF4NO4S2/c17-15-6-5-12(7-14(15)16(19,20)21)28(25,26)22-8-13(9-22)27(23,24)11-3-1-10(18)2-4-11/h1-7,13H,8-9H2. The van der Waals surface area contributed by atoms with Crippen LogP contribution in [0.1, 0.15) is 5.56 Å². The Balaban J connectivity index is 1.82. The van der Waals surface area contributed by atoms with Gasteiger partial charge in [0.2, 0.25) is 10.0 Å². The molecule has 0 amide bonds.